The van der Waals surface area contributed by atoms with E-state index < -0.39 is 0 Å². The zero-order valence-electron chi connectivity index (χ0n) is 14.6. The van der Waals surface area contributed by atoms with Crippen molar-refractivity contribution >= 4 is 28.0 Å². The summed E-state index contributed by atoms with van der Waals surface area (Å²) in [6.45, 7) is 0.591. The van der Waals surface area contributed by atoms with E-state index >= 15 is 0 Å². The summed E-state index contributed by atoms with van der Waals surface area (Å²) in [5.74, 6) is -0.0929. The van der Waals surface area contributed by atoms with Crippen LogP contribution >= 0.6 is 11.3 Å². The van der Waals surface area contributed by atoms with Crippen LogP contribution in [-0.2, 0) is 6.42 Å². The number of aromatic nitrogens is 3. The predicted molar refractivity (Wildman–Crippen MR) is 108 cm³/mol. The molecule has 3 N–H and O–H groups in total. The number of benzene rings is 1. The predicted octanol–water partition coefficient (Wildman–Crippen LogP) is 3.40. The molecular formula is C20H19N5OS. The molecule has 0 fully saturated rings. The van der Waals surface area contributed by atoms with E-state index in [4.69, 9.17) is 5.73 Å². The number of thiazole rings is 1. The maximum atomic E-state index is 12.4. The third-order valence-electron chi connectivity index (χ3n) is 4.25. The van der Waals surface area contributed by atoms with Crippen LogP contribution in [0, 0.1) is 0 Å². The quantitative estimate of drug-likeness (QED) is 0.504. The van der Waals surface area contributed by atoms with Crippen molar-refractivity contribution in [3.05, 3.63) is 71.5 Å². The molecule has 0 unspecified atom stereocenters. The van der Waals surface area contributed by atoms with E-state index in [1.54, 1.807) is 6.07 Å². The second-order valence-corrected chi connectivity index (χ2v) is 7.10. The van der Waals surface area contributed by atoms with Gasteiger partial charge >= 0.3 is 0 Å². The van der Waals surface area contributed by atoms with Crippen LogP contribution in [0.1, 0.15) is 22.5 Å². The van der Waals surface area contributed by atoms with Crippen LogP contribution in [0.3, 0.4) is 0 Å². The molecule has 4 rings (SSSR count). The lowest BCUT2D eigenvalue weighted by Crippen LogP contribution is -2.25. The summed E-state index contributed by atoms with van der Waals surface area (Å²) in [4.78, 5) is 21.2. The van der Waals surface area contributed by atoms with Gasteiger partial charge in [-0.2, -0.15) is 0 Å². The van der Waals surface area contributed by atoms with Crippen molar-refractivity contribution in [1.29, 1.82) is 0 Å². The number of hydrogen-bond acceptors (Lipinski definition) is 5. The summed E-state index contributed by atoms with van der Waals surface area (Å²) in [6, 6.07) is 13.6. The molecule has 0 aliphatic carbocycles. The van der Waals surface area contributed by atoms with E-state index in [2.05, 4.69) is 15.3 Å². The summed E-state index contributed by atoms with van der Waals surface area (Å²) < 4.78 is 1.88. The standard InChI is InChI=1S/C20H19N5OS/c21-20-23-16(13-27-20)7-4-10-22-19(26)15-8-9-18-24-17(12-25(18)11-15)14-5-2-1-3-6-14/h1-3,5-6,8-9,11-13H,4,7,10H2,(H2,21,23)(H,22,26). The Kier molecular flexibility index (Phi) is 4.84. The number of imidazole rings is 1. The Labute approximate surface area is 160 Å². The van der Waals surface area contributed by atoms with Gasteiger partial charge in [-0.15, -0.1) is 11.3 Å². The van der Waals surface area contributed by atoms with Gasteiger partial charge in [0.2, 0.25) is 0 Å². The van der Waals surface area contributed by atoms with Crippen molar-refractivity contribution in [3.63, 3.8) is 0 Å². The lowest BCUT2D eigenvalue weighted by molar-refractivity contribution is 0.0952. The maximum absolute atomic E-state index is 12.4. The summed E-state index contributed by atoms with van der Waals surface area (Å²) in [5, 5.41) is 5.48. The molecule has 0 atom stereocenters. The Morgan fingerprint density at radius 3 is 2.74 bits per heavy atom. The molecule has 0 saturated heterocycles. The zero-order valence-corrected chi connectivity index (χ0v) is 15.4. The maximum Gasteiger partial charge on any atom is 0.252 e. The molecule has 136 valence electrons. The molecule has 7 heteroatoms. The lowest BCUT2D eigenvalue weighted by atomic mass is 10.2. The molecule has 1 amide bonds. The topological polar surface area (TPSA) is 85.3 Å². The molecular weight excluding hydrogens is 358 g/mol. The van der Waals surface area contributed by atoms with Crippen LogP contribution in [0.15, 0.2) is 60.2 Å². The van der Waals surface area contributed by atoms with Gasteiger partial charge in [-0.05, 0) is 25.0 Å². The first-order valence-electron chi connectivity index (χ1n) is 8.71. The molecule has 3 heterocycles. The minimum Gasteiger partial charge on any atom is -0.375 e. The number of rotatable bonds is 6. The Morgan fingerprint density at radius 1 is 1.11 bits per heavy atom. The smallest absolute Gasteiger partial charge is 0.252 e. The third-order valence-corrected chi connectivity index (χ3v) is 4.97. The normalized spacial score (nSPS) is 11.0. The van der Waals surface area contributed by atoms with Gasteiger partial charge in [0.25, 0.3) is 5.91 Å². The zero-order chi connectivity index (χ0) is 18.6. The highest BCUT2D eigenvalue weighted by Crippen LogP contribution is 2.19. The third kappa shape index (κ3) is 3.98. The number of nitrogens with one attached hydrogen (secondary N) is 1. The Morgan fingerprint density at radius 2 is 1.96 bits per heavy atom. The van der Waals surface area contributed by atoms with Crippen LogP contribution in [-0.4, -0.2) is 26.8 Å². The van der Waals surface area contributed by atoms with Gasteiger partial charge in [-0.3, -0.25) is 4.79 Å². The number of carbonyl (C=O) groups excluding carboxylic acids is 1. The number of nitrogen functional groups attached to an aromatic ring is 1. The molecule has 0 aliphatic heterocycles. The number of carbonyl (C=O) groups is 1. The molecule has 27 heavy (non-hydrogen) atoms. The van der Waals surface area contributed by atoms with Gasteiger partial charge in [-0.25, -0.2) is 9.97 Å². The van der Waals surface area contributed by atoms with Gasteiger partial charge < -0.3 is 15.5 Å². The minimum absolute atomic E-state index is 0.0929. The summed E-state index contributed by atoms with van der Waals surface area (Å²) in [6.07, 6.45) is 5.37. The molecule has 0 saturated carbocycles. The van der Waals surface area contributed by atoms with E-state index in [1.165, 1.54) is 11.3 Å². The molecule has 0 spiro atoms. The Balaban J connectivity index is 1.40. The fourth-order valence-electron chi connectivity index (χ4n) is 2.89. The van der Waals surface area contributed by atoms with E-state index in [-0.39, 0.29) is 5.91 Å². The average Bonchev–Trinajstić information content (AvgIpc) is 3.31. The molecule has 0 bridgehead atoms. The fraction of sp³-hybridized carbons (Fsp3) is 0.150. The van der Waals surface area contributed by atoms with Crippen molar-refractivity contribution in [1.82, 2.24) is 19.7 Å². The van der Waals surface area contributed by atoms with E-state index in [9.17, 15) is 4.79 Å². The Bertz CT molecular complexity index is 1070. The van der Waals surface area contributed by atoms with E-state index in [0.29, 0.717) is 17.2 Å². The largest absolute Gasteiger partial charge is 0.375 e. The molecule has 4 aromatic rings. The first-order chi connectivity index (χ1) is 13.2. The van der Waals surface area contributed by atoms with Crippen molar-refractivity contribution in [2.75, 3.05) is 12.3 Å². The molecule has 1 aromatic carbocycles. The number of amides is 1. The number of aryl methyl sites for hydroxylation is 1. The lowest BCUT2D eigenvalue weighted by Gasteiger charge is -2.05. The van der Waals surface area contributed by atoms with Crippen molar-refractivity contribution in [2.24, 2.45) is 0 Å². The van der Waals surface area contributed by atoms with Gasteiger partial charge in [0, 0.05) is 29.9 Å². The number of nitrogens with zero attached hydrogens (tertiary/aromatic N) is 3. The van der Waals surface area contributed by atoms with Crippen LogP contribution in [0.5, 0.6) is 0 Å². The van der Waals surface area contributed by atoms with Gasteiger partial charge in [0.15, 0.2) is 5.13 Å². The average molecular weight is 377 g/mol. The van der Waals surface area contributed by atoms with Crippen LogP contribution in [0.25, 0.3) is 16.9 Å². The number of anilines is 1. The van der Waals surface area contributed by atoms with E-state index in [1.807, 2.05) is 58.6 Å². The molecule has 0 radical (unpaired) electrons. The van der Waals surface area contributed by atoms with Gasteiger partial charge in [0.1, 0.15) is 5.65 Å². The van der Waals surface area contributed by atoms with Gasteiger partial charge in [0.05, 0.1) is 17.0 Å². The summed E-state index contributed by atoms with van der Waals surface area (Å²) in [7, 11) is 0. The molecule has 3 aromatic heterocycles. The van der Waals surface area contributed by atoms with Crippen molar-refractivity contribution < 1.29 is 4.79 Å². The number of hydrogen-bond donors (Lipinski definition) is 2. The number of nitrogens with two attached hydrogens (primary N) is 1. The summed E-state index contributed by atoms with van der Waals surface area (Å²) >= 11 is 1.44. The second-order valence-electron chi connectivity index (χ2n) is 6.21. The van der Waals surface area contributed by atoms with Crippen LogP contribution < -0.4 is 11.1 Å². The number of fused-ring (bicyclic) bond motifs is 1. The second kappa shape index (κ2) is 7.59. The Hall–Kier alpha value is -3.19. The first-order valence-corrected chi connectivity index (χ1v) is 9.59. The minimum atomic E-state index is -0.0929. The highest BCUT2D eigenvalue weighted by atomic mass is 32.1. The SMILES string of the molecule is Nc1nc(CCCNC(=O)c2ccc3nc(-c4ccccc4)cn3c2)cs1. The van der Waals surface area contributed by atoms with Crippen LogP contribution in [0.2, 0.25) is 0 Å². The van der Waals surface area contributed by atoms with Crippen LogP contribution in [0.4, 0.5) is 5.13 Å². The monoisotopic (exact) mass is 377 g/mol. The fourth-order valence-corrected chi connectivity index (χ4v) is 3.48. The van der Waals surface area contributed by atoms with Crippen molar-refractivity contribution in [3.8, 4) is 11.3 Å². The van der Waals surface area contributed by atoms with Gasteiger partial charge in [-0.1, -0.05) is 30.3 Å². The molecule has 6 nitrogen and oxygen atoms in total. The highest BCUT2D eigenvalue weighted by molar-refractivity contribution is 7.13. The van der Waals surface area contributed by atoms with E-state index in [0.717, 1.165) is 35.4 Å². The number of pyridine rings is 1. The highest BCUT2D eigenvalue weighted by Gasteiger charge is 2.09. The first kappa shape index (κ1) is 17.2. The molecule has 0 aliphatic rings. The van der Waals surface area contributed by atoms with Crippen molar-refractivity contribution in [2.45, 2.75) is 12.8 Å². The summed E-state index contributed by atoms with van der Waals surface area (Å²) in [5.41, 5.74) is 9.95.